The number of likely N-dealkylation sites (N-methyl/N-ethyl adjacent to an activating group) is 1. The summed E-state index contributed by atoms with van der Waals surface area (Å²) in [6, 6.07) is 6.87. The van der Waals surface area contributed by atoms with E-state index in [0.29, 0.717) is 17.4 Å². The Hall–Kier alpha value is -0.620. The number of aryl methyl sites for hydroxylation is 1. The number of nitrogens with two attached hydrogens (primary N) is 1. The minimum atomic E-state index is -3.42. The van der Waals surface area contributed by atoms with E-state index in [4.69, 9.17) is 5.73 Å². The van der Waals surface area contributed by atoms with Gasteiger partial charge in [0.05, 0.1) is 4.90 Å². The summed E-state index contributed by atoms with van der Waals surface area (Å²) in [7, 11) is -1.79. The van der Waals surface area contributed by atoms with Crippen molar-refractivity contribution in [2.75, 3.05) is 13.6 Å². The molecule has 6 heteroatoms. The Balaban J connectivity index is 0.00000180. The maximum atomic E-state index is 12.4. The lowest BCUT2D eigenvalue weighted by Gasteiger charge is -2.26. The number of nitrogens with zero attached hydrogens (tertiary/aromatic N) is 1. The predicted molar refractivity (Wildman–Crippen MR) is 78.9 cm³/mol. The summed E-state index contributed by atoms with van der Waals surface area (Å²) in [5.41, 5.74) is 6.76. The second-order valence-electron chi connectivity index (χ2n) is 4.97. The Morgan fingerprint density at radius 3 is 2.26 bits per heavy atom. The van der Waals surface area contributed by atoms with Gasteiger partial charge in [0, 0.05) is 19.6 Å². The molecular formula is C13H21ClN2O2S. The lowest BCUT2D eigenvalue weighted by Crippen LogP contribution is -2.43. The zero-order valence-electron chi connectivity index (χ0n) is 11.2. The number of benzene rings is 1. The number of rotatable bonds is 5. The third-order valence-corrected chi connectivity index (χ3v) is 5.47. The van der Waals surface area contributed by atoms with Crippen LogP contribution in [0.3, 0.4) is 0 Å². The zero-order chi connectivity index (χ0) is 13.3. The molecule has 1 atom stereocenters. The van der Waals surface area contributed by atoms with E-state index >= 15 is 0 Å². The normalized spacial score (nSPS) is 17.1. The molecule has 2 N–H and O–H groups in total. The molecule has 1 aromatic carbocycles. The van der Waals surface area contributed by atoms with Gasteiger partial charge in [-0.1, -0.05) is 17.7 Å². The molecule has 0 heterocycles. The number of halogens is 1. The van der Waals surface area contributed by atoms with Crippen LogP contribution in [0.25, 0.3) is 0 Å². The van der Waals surface area contributed by atoms with Crippen molar-refractivity contribution < 1.29 is 8.42 Å². The Bertz CT molecular complexity index is 512. The summed E-state index contributed by atoms with van der Waals surface area (Å²) in [6.45, 7) is 2.32. The molecule has 1 aromatic rings. The average molecular weight is 305 g/mol. The first-order chi connectivity index (χ1) is 8.46. The topological polar surface area (TPSA) is 63.4 Å². The minimum absolute atomic E-state index is 0. The van der Waals surface area contributed by atoms with Gasteiger partial charge in [0.25, 0.3) is 0 Å². The lowest BCUT2D eigenvalue weighted by atomic mass is 10.2. The summed E-state index contributed by atoms with van der Waals surface area (Å²) in [5, 5.41) is 0. The van der Waals surface area contributed by atoms with E-state index in [9.17, 15) is 8.42 Å². The number of hydrogen-bond donors (Lipinski definition) is 1. The quantitative estimate of drug-likeness (QED) is 0.902. The van der Waals surface area contributed by atoms with E-state index in [2.05, 4.69) is 0 Å². The van der Waals surface area contributed by atoms with Gasteiger partial charge >= 0.3 is 0 Å². The van der Waals surface area contributed by atoms with E-state index < -0.39 is 10.0 Å². The molecule has 1 aliphatic rings. The fraction of sp³-hybridized carbons (Fsp3) is 0.538. The van der Waals surface area contributed by atoms with Gasteiger partial charge in [-0.15, -0.1) is 12.4 Å². The summed E-state index contributed by atoms with van der Waals surface area (Å²) in [5.74, 6) is 0.431. The van der Waals surface area contributed by atoms with Gasteiger partial charge < -0.3 is 5.73 Å². The standard InChI is InChI=1S/C13H20N2O2S.ClH/c1-10-3-7-12(8-4-10)18(16,17)15(2)13(9-14)11-5-6-11;/h3-4,7-8,11,13H,5-6,9,14H2,1-2H3;1H. The van der Waals surface area contributed by atoms with Crippen molar-refractivity contribution in [3.63, 3.8) is 0 Å². The van der Waals surface area contributed by atoms with Crippen LogP contribution < -0.4 is 5.73 Å². The first-order valence-electron chi connectivity index (χ1n) is 6.21. The highest BCUT2D eigenvalue weighted by molar-refractivity contribution is 7.89. The van der Waals surface area contributed by atoms with Crippen LogP contribution in [0.4, 0.5) is 0 Å². The molecule has 4 nitrogen and oxygen atoms in total. The molecule has 19 heavy (non-hydrogen) atoms. The van der Waals surface area contributed by atoms with Gasteiger partial charge in [0.15, 0.2) is 0 Å². The van der Waals surface area contributed by atoms with E-state index in [1.165, 1.54) is 4.31 Å². The summed E-state index contributed by atoms with van der Waals surface area (Å²) in [6.07, 6.45) is 2.16. The van der Waals surface area contributed by atoms with Crippen molar-refractivity contribution in [3.8, 4) is 0 Å². The first kappa shape index (κ1) is 16.4. The van der Waals surface area contributed by atoms with Crippen LogP contribution in [-0.4, -0.2) is 32.4 Å². The largest absolute Gasteiger partial charge is 0.329 e. The molecule has 0 aromatic heterocycles. The highest BCUT2D eigenvalue weighted by Gasteiger charge is 2.37. The third-order valence-electron chi connectivity index (χ3n) is 3.57. The molecule has 0 aliphatic heterocycles. The Labute approximate surface area is 121 Å². The van der Waals surface area contributed by atoms with Gasteiger partial charge in [0.1, 0.15) is 0 Å². The molecule has 0 saturated heterocycles. The van der Waals surface area contributed by atoms with Crippen LogP contribution in [0.5, 0.6) is 0 Å². The molecule has 1 saturated carbocycles. The van der Waals surface area contributed by atoms with Crippen molar-refractivity contribution in [2.24, 2.45) is 11.7 Å². The summed E-state index contributed by atoms with van der Waals surface area (Å²) in [4.78, 5) is 0.342. The van der Waals surface area contributed by atoms with E-state index in [1.54, 1.807) is 19.2 Å². The van der Waals surface area contributed by atoms with Crippen molar-refractivity contribution in [1.29, 1.82) is 0 Å². The Kier molecular flexibility index (Phi) is 5.38. The smallest absolute Gasteiger partial charge is 0.243 e. The van der Waals surface area contributed by atoms with Gasteiger partial charge in [-0.05, 0) is 37.8 Å². The second kappa shape index (κ2) is 6.22. The van der Waals surface area contributed by atoms with Crippen LogP contribution in [-0.2, 0) is 10.0 Å². The summed E-state index contributed by atoms with van der Waals surface area (Å²) >= 11 is 0. The van der Waals surface area contributed by atoms with Gasteiger partial charge in [-0.3, -0.25) is 0 Å². The highest BCUT2D eigenvalue weighted by atomic mass is 35.5. The van der Waals surface area contributed by atoms with Gasteiger partial charge in [0.2, 0.25) is 10.0 Å². The van der Waals surface area contributed by atoms with Gasteiger partial charge in [-0.25, -0.2) is 8.42 Å². The molecule has 0 amide bonds. The van der Waals surface area contributed by atoms with E-state index in [-0.39, 0.29) is 18.4 Å². The molecule has 2 rings (SSSR count). The van der Waals surface area contributed by atoms with Crippen LogP contribution >= 0.6 is 12.4 Å². The fourth-order valence-corrected chi connectivity index (χ4v) is 3.60. The van der Waals surface area contributed by atoms with Crippen LogP contribution in [0.15, 0.2) is 29.2 Å². The zero-order valence-corrected chi connectivity index (χ0v) is 12.9. The Morgan fingerprint density at radius 1 is 1.32 bits per heavy atom. The summed E-state index contributed by atoms with van der Waals surface area (Å²) < 4.78 is 26.3. The monoisotopic (exact) mass is 304 g/mol. The third kappa shape index (κ3) is 3.48. The molecule has 108 valence electrons. The lowest BCUT2D eigenvalue weighted by molar-refractivity contribution is 0.340. The highest BCUT2D eigenvalue weighted by Crippen LogP contribution is 2.36. The van der Waals surface area contributed by atoms with Crippen molar-refractivity contribution in [3.05, 3.63) is 29.8 Å². The number of sulfonamides is 1. The maximum absolute atomic E-state index is 12.4. The van der Waals surface area contributed by atoms with Crippen LogP contribution in [0.1, 0.15) is 18.4 Å². The SMILES string of the molecule is Cc1ccc(S(=O)(=O)N(C)C(CN)C2CC2)cc1.Cl. The average Bonchev–Trinajstić information content (AvgIpc) is 3.15. The van der Waals surface area contributed by atoms with Crippen molar-refractivity contribution in [1.82, 2.24) is 4.31 Å². The first-order valence-corrected chi connectivity index (χ1v) is 7.65. The Morgan fingerprint density at radius 2 is 1.84 bits per heavy atom. The van der Waals surface area contributed by atoms with E-state index in [0.717, 1.165) is 18.4 Å². The molecule has 0 bridgehead atoms. The van der Waals surface area contributed by atoms with Crippen molar-refractivity contribution >= 4 is 22.4 Å². The van der Waals surface area contributed by atoms with E-state index in [1.807, 2.05) is 19.1 Å². The van der Waals surface area contributed by atoms with Crippen LogP contribution in [0, 0.1) is 12.8 Å². The van der Waals surface area contributed by atoms with Crippen LogP contribution in [0.2, 0.25) is 0 Å². The molecular weight excluding hydrogens is 284 g/mol. The molecule has 0 spiro atoms. The van der Waals surface area contributed by atoms with Crippen molar-refractivity contribution in [2.45, 2.75) is 30.7 Å². The number of hydrogen-bond acceptors (Lipinski definition) is 3. The molecule has 1 unspecified atom stereocenters. The maximum Gasteiger partial charge on any atom is 0.243 e. The predicted octanol–water partition coefficient (Wildman–Crippen LogP) is 1.77. The van der Waals surface area contributed by atoms with Gasteiger partial charge in [-0.2, -0.15) is 4.31 Å². The molecule has 1 aliphatic carbocycles. The molecule has 1 fully saturated rings. The molecule has 0 radical (unpaired) electrons. The fourth-order valence-electron chi connectivity index (χ4n) is 2.17. The second-order valence-corrected chi connectivity index (χ2v) is 6.97. The minimum Gasteiger partial charge on any atom is -0.329 e.